The maximum absolute atomic E-state index is 12.6. The third-order valence-electron chi connectivity index (χ3n) is 3.74. The Morgan fingerprint density at radius 3 is 2.36 bits per heavy atom. The lowest BCUT2D eigenvalue weighted by Gasteiger charge is -2.22. The minimum absolute atomic E-state index is 0.103. The number of amides is 1. The number of hydrogen-bond acceptors (Lipinski definition) is 6. The van der Waals surface area contributed by atoms with E-state index in [1.807, 2.05) is 6.92 Å². The maximum atomic E-state index is 12.6. The van der Waals surface area contributed by atoms with Gasteiger partial charge in [0, 0.05) is 6.92 Å². The first-order valence-corrected chi connectivity index (χ1v) is 9.20. The van der Waals surface area contributed by atoms with Crippen molar-refractivity contribution in [2.24, 2.45) is 5.92 Å². The number of nitrogens with one attached hydrogen (secondary N) is 2. The number of hydrogen-bond donors (Lipinski definition) is 2. The third-order valence-corrected chi connectivity index (χ3v) is 5.18. The van der Waals surface area contributed by atoms with Crippen LogP contribution in [-0.2, 0) is 24.3 Å². The van der Waals surface area contributed by atoms with Crippen LogP contribution in [-0.4, -0.2) is 40.6 Å². The van der Waals surface area contributed by atoms with E-state index >= 15 is 0 Å². The van der Waals surface area contributed by atoms with Crippen molar-refractivity contribution in [3.8, 4) is 5.75 Å². The highest BCUT2D eigenvalue weighted by atomic mass is 32.2. The number of esters is 1. The normalized spacial score (nSPS) is 13.6. The predicted molar refractivity (Wildman–Crippen MR) is 92.9 cm³/mol. The second kappa shape index (κ2) is 8.82. The molecule has 0 aliphatic carbocycles. The lowest BCUT2D eigenvalue weighted by molar-refractivity contribution is -0.143. The van der Waals surface area contributed by atoms with Gasteiger partial charge < -0.3 is 14.8 Å². The van der Waals surface area contributed by atoms with Crippen molar-refractivity contribution in [2.45, 2.75) is 38.1 Å². The van der Waals surface area contributed by atoms with Gasteiger partial charge in [0.15, 0.2) is 0 Å². The Morgan fingerprint density at radius 2 is 1.88 bits per heavy atom. The Morgan fingerprint density at radius 1 is 1.24 bits per heavy atom. The van der Waals surface area contributed by atoms with Gasteiger partial charge in [0.2, 0.25) is 15.9 Å². The zero-order valence-corrected chi connectivity index (χ0v) is 15.8. The van der Waals surface area contributed by atoms with Crippen molar-refractivity contribution in [1.82, 2.24) is 4.72 Å². The van der Waals surface area contributed by atoms with Crippen molar-refractivity contribution < 1.29 is 27.5 Å². The molecule has 0 saturated carbocycles. The Labute approximate surface area is 147 Å². The molecule has 0 radical (unpaired) electrons. The van der Waals surface area contributed by atoms with Gasteiger partial charge >= 0.3 is 5.97 Å². The number of sulfonamides is 1. The highest BCUT2D eigenvalue weighted by Crippen LogP contribution is 2.28. The van der Waals surface area contributed by atoms with Gasteiger partial charge in [0.1, 0.15) is 11.8 Å². The van der Waals surface area contributed by atoms with Crippen LogP contribution < -0.4 is 14.8 Å². The molecule has 25 heavy (non-hydrogen) atoms. The molecule has 0 aromatic heterocycles. The molecule has 0 bridgehead atoms. The predicted octanol–water partition coefficient (Wildman–Crippen LogP) is 1.52. The van der Waals surface area contributed by atoms with E-state index < -0.39 is 22.0 Å². The zero-order valence-electron chi connectivity index (χ0n) is 15.0. The minimum atomic E-state index is -4.01. The monoisotopic (exact) mass is 372 g/mol. The zero-order chi connectivity index (χ0) is 19.2. The number of carbonyl (C=O) groups excluding carboxylic acids is 2. The molecule has 2 atom stereocenters. The van der Waals surface area contributed by atoms with Gasteiger partial charge in [-0.25, -0.2) is 8.42 Å². The number of rotatable bonds is 8. The van der Waals surface area contributed by atoms with Gasteiger partial charge in [-0.15, -0.1) is 0 Å². The first-order valence-electron chi connectivity index (χ1n) is 7.72. The van der Waals surface area contributed by atoms with Crippen LogP contribution in [0, 0.1) is 5.92 Å². The van der Waals surface area contributed by atoms with Crippen LogP contribution in [0.1, 0.15) is 27.2 Å². The summed E-state index contributed by atoms with van der Waals surface area (Å²) in [7, 11) is -1.40. The number of carbonyl (C=O) groups is 2. The summed E-state index contributed by atoms with van der Waals surface area (Å²) in [5, 5.41) is 2.51. The first-order chi connectivity index (χ1) is 11.7. The van der Waals surface area contributed by atoms with E-state index in [9.17, 15) is 18.0 Å². The van der Waals surface area contributed by atoms with Gasteiger partial charge in [0.25, 0.3) is 0 Å². The fourth-order valence-corrected chi connectivity index (χ4v) is 3.46. The summed E-state index contributed by atoms with van der Waals surface area (Å²) in [6.45, 7) is 4.90. The Kier molecular flexibility index (Phi) is 7.38. The number of methoxy groups -OCH3 is 2. The van der Waals surface area contributed by atoms with E-state index in [0.717, 1.165) is 0 Å². The average molecular weight is 372 g/mol. The first kappa shape index (κ1) is 20.9. The van der Waals surface area contributed by atoms with Gasteiger partial charge in [-0.2, -0.15) is 4.72 Å². The van der Waals surface area contributed by atoms with Crippen LogP contribution in [0.25, 0.3) is 0 Å². The molecule has 1 amide bonds. The van der Waals surface area contributed by atoms with Gasteiger partial charge in [-0.1, -0.05) is 20.3 Å². The summed E-state index contributed by atoms with van der Waals surface area (Å²) in [4.78, 5) is 23.1. The summed E-state index contributed by atoms with van der Waals surface area (Å²) in [6, 6.07) is 3.02. The van der Waals surface area contributed by atoms with Crippen LogP contribution in [0.3, 0.4) is 0 Å². The molecular formula is C16H24N2O6S. The van der Waals surface area contributed by atoms with E-state index in [1.54, 1.807) is 6.92 Å². The lowest BCUT2D eigenvalue weighted by atomic mass is 10.0. The highest BCUT2D eigenvalue weighted by Gasteiger charge is 2.30. The fourth-order valence-electron chi connectivity index (χ4n) is 2.14. The molecule has 9 heteroatoms. The fraction of sp³-hybridized carbons (Fsp3) is 0.500. The van der Waals surface area contributed by atoms with Crippen LogP contribution in [0.2, 0.25) is 0 Å². The summed E-state index contributed by atoms with van der Waals surface area (Å²) in [6.07, 6.45) is 0.585. The summed E-state index contributed by atoms with van der Waals surface area (Å²) in [5.74, 6) is -0.961. The van der Waals surface area contributed by atoms with Crippen molar-refractivity contribution in [1.29, 1.82) is 0 Å². The van der Waals surface area contributed by atoms with Gasteiger partial charge in [-0.05, 0) is 24.1 Å². The summed E-state index contributed by atoms with van der Waals surface area (Å²) in [5.41, 5.74) is 0.219. The van der Waals surface area contributed by atoms with Crippen molar-refractivity contribution >= 4 is 27.6 Å². The molecule has 140 valence electrons. The van der Waals surface area contributed by atoms with Crippen molar-refractivity contribution in [3.05, 3.63) is 18.2 Å². The van der Waals surface area contributed by atoms with Gasteiger partial charge in [0.05, 0.1) is 24.8 Å². The molecule has 2 N–H and O–H groups in total. The average Bonchev–Trinajstić information content (AvgIpc) is 2.57. The molecule has 0 spiro atoms. The molecular weight excluding hydrogens is 348 g/mol. The standard InChI is InChI=1S/C16H24N2O6S/c1-6-10(2)15(16(20)24-5)18-25(21,22)12-7-8-14(23-4)13(9-12)17-11(3)19/h7-10,15,18H,6H2,1-5H3,(H,17,19)/t10-,15+/m0/s1. The van der Waals surface area contributed by atoms with Crippen molar-refractivity contribution in [2.75, 3.05) is 19.5 Å². The topological polar surface area (TPSA) is 111 Å². The van der Waals surface area contributed by atoms with Gasteiger partial charge in [-0.3, -0.25) is 9.59 Å². The Hall–Kier alpha value is -2.13. The Balaban J connectivity index is 3.23. The van der Waals surface area contributed by atoms with Crippen LogP contribution in [0.15, 0.2) is 23.1 Å². The van der Waals surface area contributed by atoms with E-state index in [4.69, 9.17) is 4.74 Å². The molecule has 1 aromatic rings. The smallest absolute Gasteiger partial charge is 0.324 e. The highest BCUT2D eigenvalue weighted by molar-refractivity contribution is 7.89. The molecule has 0 aliphatic rings. The molecule has 0 saturated heterocycles. The lowest BCUT2D eigenvalue weighted by Crippen LogP contribution is -2.45. The molecule has 0 fully saturated rings. The molecule has 0 heterocycles. The van der Waals surface area contributed by atoms with Crippen LogP contribution >= 0.6 is 0 Å². The number of ether oxygens (including phenoxy) is 2. The second-order valence-corrected chi connectivity index (χ2v) is 7.26. The van der Waals surface area contributed by atoms with Crippen LogP contribution in [0.5, 0.6) is 5.75 Å². The number of benzene rings is 1. The van der Waals surface area contributed by atoms with E-state index in [2.05, 4.69) is 14.8 Å². The van der Waals surface area contributed by atoms with E-state index in [1.165, 1.54) is 39.3 Å². The molecule has 0 unspecified atom stereocenters. The molecule has 1 aromatic carbocycles. The molecule has 0 aliphatic heterocycles. The quantitative estimate of drug-likeness (QED) is 0.669. The Bertz CT molecular complexity index is 732. The third kappa shape index (κ3) is 5.43. The minimum Gasteiger partial charge on any atom is -0.495 e. The summed E-state index contributed by atoms with van der Waals surface area (Å²) < 4.78 is 37.5. The maximum Gasteiger partial charge on any atom is 0.324 e. The van der Waals surface area contributed by atoms with E-state index in [-0.39, 0.29) is 22.4 Å². The molecule has 8 nitrogen and oxygen atoms in total. The number of anilines is 1. The van der Waals surface area contributed by atoms with E-state index in [0.29, 0.717) is 12.2 Å². The second-order valence-electron chi connectivity index (χ2n) is 5.55. The largest absolute Gasteiger partial charge is 0.495 e. The van der Waals surface area contributed by atoms with Crippen LogP contribution in [0.4, 0.5) is 5.69 Å². The molecule has 1 rings (SSSR count). The summed E-state index contributed by atoms with van der Waals surface area (Å²) >= 11 is 0. The van der Waals surface area contributed by atoms with Crippen molar-refractivity contribution in [3.63, 3.8) is 0 Å². The SMILES string of the molecule is CC[C@H](C)[C@@H](NS(=O)(=O)c1ccc(OC)c(NC(C)=O)c1)C(=O)OC.